The zero-order valence-corrected chi connectivity index (χ0v) is 46.5. The largest absolute Gasteiger partial charge is 0.481 e. The van der Waals surface area contributed by atoms with E-state index in [-0.39, 0.29) is 51.2 Å². The molecule has 0 radical (unpaired) electrons. The van der Waals surface area contributed by atoms with Crippen LogP contribution in [0.4, 0.5) is 0 Å². The third-order valence-corrected chi connectivity index (χ3v) is 13.6. The Labute approximate surface area is 481 Å². The van der Waals surface area contributed by atoms with Gasteiger partial charge in [0.1, 0.15) is 60.4 Å². The maximum atomic E-state index is 14.6. The first-order chi connectivity index (χ1) is 39.8. The Morgan fingerprint density at radius 2 is 1.20 bits per heavy atom. The molecule has 84 heavy (non-hydrogen) atoms. The lowest BCUT2D eigenvalue weighted by atomic mass is 10.0. The number of nitrogens with one attached hydrogen (secondary N) is 9. The molecule has 460 valence electrons. The van der Waals surface area contributed by atoms with Crippen molar-refractivity contribution < 1.29 is 83.4 Å². The van der Waals surface area contributed by atoms with Gasteiger partial charge in [0.25, 0.3) is 0 Å². The Kier molecular flexibility index (Phi) is 26.4. The molecule has 2 aromatic carbocycles. The number of likely N-dealkylation sites (tertiary alicyclic amines) is 1. The zero-order valence-electron chi connectivity index (χ0n) is 46.5. The van der Waals surface area contributed by atoms with Gasteiger partial charge in [0, 0.05) is 49.5 Å². The van der Waals surface area contributed by atoms with E-state index in [4.69, 9.17) is 17.2 Å². The number of hydrogen-bond donors (Lipinski definition) is 18. The summed E-state index contributed by atoms with van der Waals surface area (Å²) in [6, 6.07) is -0.571. The second kappa shape index (κ2) is 32.8. The third kappa shape index (κ3) is 20.3. The maximum Gasteiger partial charge on any atom is 0.328 e. The summed E-state index contributed by atoms with van der Waals surface area (Å²) in [4.78, 5) is 156. The Morgan fingerprint density at radius 1 is 0.643 bits per heavy atom. The van der Waals surface area contributed by atoms with Gasteiger partial charge in [-0.1, -0.05) is 48.5 Å². The third-order valence-electron chi connectivity index (χ3n) is 13.6. The average Bonchev–Trinajstić information content (AvgIpc) is 4.30. The van der Waals surface area contributed by atoms with E-state index in [0.29, 0.717) is 28.5 Å². The first-order valence-corrected chi connectivity index (χ1v) is 26.9. The smallest absolute Gasteiger partial charge is 0.328 e. The molecule has 12 atom stereocenters. The first kappa shape index (κ1) is 67.7. The first-order valence-electron chi connectivity index (χ1n) is 26.9. The summed E-state index contributed by atoms with van der Waals surface area (Å²) in [7, 11) is 0. The van der Waals surface area contributed by atoms with Gasteiger partial charge >= 0.3 is 11.9 Å². The molecule has 1 aromatic heterocycles. The van der Waals surface area contributed by atoms with Gasteiger partial charge in [-0.25, -0.2) is 4.79 Å². The molecule has 0 saturated carbocycles. The van der Waals surface area contributed by atoms with Gasteiger partial charge in [-0.15, -0.1) is 0 Å². The van der Waals surface area contributed by atoms with Crippen LogP contribution in [0.1, 0.15) is 70.4 Å². The van der Waals surface area contributed by atoms with E-state index in [9.17, 15) is 83.4 Å². The summed E-state index contributed by atoms with van der Waals surface area (Å²) in [6.07, 6.45) is -2.58. The fourth-order valence-electron chi connectivity index (χ4n) is 8.87. The quantitative estimate of drug-likeness (QED) is 0.0153. The minimum atomic E-state index is -1.89. The number of rotatable bonds is 33. The van der Waals surface area contributed by atoms with E-state index in [1.165, 1.54) is 18.7 Å². The Balaban J connectivity index is 1.57. The lowest BCUT2D eigenvalue weighted by molar-refractivity contribution is -0.144. The molecule has 9 amide bonds. The van der Waals surface area contributed by atoms with E-state index >= 15 is 0 Å². The number of aliphatic hydroxyl groups excluding tert-OH is 4. The minimum Gasteiger partial charge on any atom is -0.481 e. The Hall–Kier alpha value is -8.78. The lowest BCUT2D eigenvalue weighted by Gasteiger charge is -2.30. The van der Waals surface area contributed by atoms with Crippen LogP contribution in [-0.4, -0.2) is 211 Å². The number of aliphatic carboxylic acids is 2. The van der Waals surface area contributed by atoms with Crippen LogP contribution in [0.5, 0.6) is 0 Å². The molecular formula is C53H76N14O17. The predicted molar refractivity (Wildman–Crippen MR) is 298 cm³/mol. The van der Waals surface area contributed by atoms with Crippen LogP contribution in [0.3, 0.4) is 0 Å². The summed E-state index contributed by atoms with van der Waals surface area (Å²) in [5.41, 5.74) is 18.2. The molecule has 1 aliphatic rings. The number of H-pyrrole nitrogens is 1. The van der Waals surface area contributed by atoms with Gasteiger partial charge in [-0.3, -0.25) is 52.9 Å². The van der Waals surface area contributed by atoms with Crippen molar-refractivity contribution in [1.82, 2.24) is 52.4 Å². The fraction of sp³-hybridized carbons (Fsp3) is 0.509. The van der Waals surface area contributed by atoms with Crippen molar-refractivity contribution in [2.45, 2.75) is 145 Å². The molecule has 1 fully saturated rings. The molecule has 31 heteroatoms. The van der Waals surface area contributed by atoms with Gasteiger partial charge in [0.2, 0.25) is 53.2 Å². The van der Waals surface area contributed by atoms with E-state index in [1.807, 2.05) is 5.32 Å². The molecule has 0 bridgehead atoms. The van der Waals surface area contributed by atoms with Crippen LogP contribution in [0.2, 0.25) is 0 Å². The molecule has 2 heterocycles. The molecule has 21 N–H and O–H groups in total. The normalized spacial score (nSPS) is 16.9. The van der Waals surface area contributed by atoms with Crippen molar-refractivity contribution in [3.8, 4) is 0 Å². The number of aromatic amines is 1. The van der Waals surface area contributed by atoms with E-state index in [1.54, 1.807) is 60.8 Å². The highest BCUT2D eigenvalue weighted by Crippen LogP contribution is 2.22. The number of aromatic nitrogens is 1. The second-order valence-corrected chi connectivity index (χ2v) is 20.1. The highest BCUT2D eigenvalue weighted by atomic mass is 16.4. The number of carbonyl (C=O) groups excluding carboxylic acids is 9. The Bertz CT molecular complexity index is 2830. The number of guanidine groups is 1. The van der Waals surface area contributed by atoms with Crippen LogP contribution in [0.25, 0.3) is 10.9 Å². The average molecular weight is 1180 g/mol. The topological polar surface area (TPSA) is 515 Å². The summed E-state index contributed by atoms with van der Waals surface area (Å²) in [5, 5.41) is 78.8. The summed E-state index contributed by atoms with van der Waals surface area (Å²) >= 11 is 0. The van der Waals surface area contributed by atoms with Crippen molar-refractivity contribution in [3.05, 3.63) is 71.9 Å². The molecular weight excluding hydrogens is 1100 g/mol. The number of nitrogens with two attached hydrogens (primary N) is 3. The monoisotopic (exact) mass is 1180 g/mol. The summed E-state index contributed by atoms with van der Waals surface area (Å²) in [5.74, 6) is -12.2. The highest BCUT2D eigenvalue weighted by molar-refractivity contribution is 5.99. The van der Waals surface area contributed by atoms with Crippen molar-refractivity contribution >= 4 is 82.0 Å². The van der Waals surface area contributed by atoms with Crippen LogP contribution in [0.15, 0.2) is 65.8 Å². The molecule has 4 rings (SSSR count). The van der Waals surface area contributed by atoms with Crippen molar-refractivity contribution in [3.63, 3.8) is 0 Å². The van der Waals surface area contributed by atoms with Gasteiger partial charge in [0.05, 0.1) is 25.4 Å². The number of fused-ring (bicyclic) bond motifs is 1. The number of nitrogens with zero attached hydrogens (tertiary/aromatic N) is 2. The number of carboxylic acids is 2. The molecule has 1 aliphatic heterocycles. The Morgan fingerprint density at radius 3 is 1.80 bits per heavy atom. The minimum absolute atomic E-state index is 0.0127. The molecule has 1 saturated heterocycles. The highest BCUT2D eigenvalue weighted by Gasteiger charge is 2.40. The van der Waals surface area contributed by atoms with Crippen molar-refractivity contribution in [2.24, 2.45) is 22.2 Å². The number of amides is 9. The zero-order chi connectivity index (χ0) is 62.4. The van der Waals surface area contributed by atoms with Crippen LogP contribution in [0, 0.1) is 0 Å². The second-order valence-electron chi connectivity index (χ2n) is 20.1. The van der Waals surface area contributed by atoms with E-state index < -0.39 is 164 Å². The number of aliphatic imine (C=N–C) groups is 1. The van der Waals surface area contributed by atoms with Gasteiger partial charge in [-0.2, -0.15) is 0 Å². The SMILES string of the molecule is C[C@H](NC(=O)[C@@H]1CCCN1C(=O)[C@H](CCCN=C(N)N)NC(=O)[C@@H](N)[C@@H](C)O)C(=O)N[C@@H](CO)C(=O)N[C@@H](Cc1ccccc1)C(=O)N[C@@H](Cc1c[nH]c2ccccc12)C(=O)N[C@@H](CCC(=O)O)C(=O)N[C@H](C(=O)N[C@@H](CO)C(=O)O)[C@@H](C)O. The fourth-order valence-corrected chi connectivity index (χ4v) is 8.87. The number of carboxylic acid groups (broad SMARTS) is 2. The number of benzene rings is 2. The molecule has 0 spiro atoms. The molecule has 3 aromatic rings. The number of hydrogen-bond acceptors (Lipinski definition) is 17. The molecule has 31 nitrogen and oxygen atoms in total. The molecule has 0 aliphatic carbocycles. The number of carbonyl (C=O) groups is 11. The van der Waals surface area contributed by atoms with Gasteiger partial charge in [-0.05, 0) is 70.1 Å². The predicted octanol–water partition coefficient (Wildman–Crippen LogP) is -6.08. The summed E-state index contributed by atoms with van der Waals surface area (Å²) in [6.45, 7) is 1.71. The maximum absolute atomic E-state index is 14.6. The van der Waals surface area contributed by atoms with Crippen LogP contribution in [-0.2, 0) is 65.6 Å². The van der Waals surface area contributed by atoms with E-state index in [0.717, 1.165) is 6.92 Å². The van der Waals surface area contributed by atoms with Crippen LogP contribution < -0.4 is 59.7 Å². The molecule has 0 unspecified atom stereocenters. The number of para-hydroxylation sites is 1. The lowest BCUT2D eigenvalue weighted by Crippen LogP contribution is -2.62. The standard InChI is InChI=1S/C53H76N14O17/c1-26(59-48(79)39-16-10-20-67(39)51(82)34(15-9-19-57-53(55)56)61-49(80)41(54)27(2)70)43(74)64-37(24-68)47(78)62-35(21-29-11-5-4-6-12-29)45(76)63-36(22-30-23-58-32-14-8-7-13-31(30)32)46(77)60-33(17-18-40(72)73)44(75)66-42(28(3)71)50(81)65-38(25-69)52(83)84/h4-8,11-14,23,26-28,33-39,41-42,58,68-71H,9-10,15-22,24-25,54H2,1-3H3,(H,59,79)(H,60,77)(H,61,80)(H,62,78)(H,63,76)(H,64,74)(H,65,81)(H,66,75)(H,72,73)(H,83,84)(H4,55,56,57)/t26-,27+,28+,33-,34-,35-,36-,37-,38-,39-,41-,42-/m0/s1. The summed E-state index contributed by atoms with van der Waals surface area (Å²) < 4.78 is 0. The van der Waals surface area contributed by atoms with Gasteiger partial charge in [0.15, 0.2) is 5.96 Å². The van der Waals surface area contributed by atoms with E-state index in [2.05, 4.69) is 47.2 Å². The number of aliphatic hydroxyl groups is 4. The van der Waals surface area contributed by atoms with Crippen molar-refractivity contribution in [2.75, 3.05) is 26.3 Å². The van der Waals surface area contributed by atoms with Gasteiger partial charge < -0.3 is 100 Å². The van der Waals surface area contributed by atoms with Crippen LogP contribution >= 0.6 is 0 Å². The van der Waals surface area contributed by atoms with Crippen molar-refractivity contribution in [1.29, 1.82) is 0 Å².